The van der Waals surface area contributed by atoms with Crippen molar-refractivity contribution in [2.45, 2.75) is 26.3 Å². The van der Waals surface area contributed by atoms with Crippen LogP contribution in [0.5, 0.6) is 0 Å². The molecule has 0 aliphatic carbocycles. The summed E-state index contributed by atoms with van der Waals surface area (Å²) in [5.41, 5.74) is 3.69. The number of hydrogen-bond donors (Lipinski definition) is 1. The zero-order valence-electron chi connectivity index (χ0n) is 8.28. The van der Waals surface area contributed by atoms with E-state index in [0.717, 1.165) is 5.69 Å². The van der Waals surface area contributed by atoms with Crippen molar-refractivity contribution in [3.63, 3.8) is 0 Å². The fraction of sp³-hybridized carbons (Fsp3) is 0.400. The van der Waals surface area contributed by atoms with Gasteiger partial charge in [0, 0.05) is 0 Å². The number of benzene rings is 1. The minimum Gasteiger partial charge on any atom is -0.260 e. The Hall–Kier alpha value is -1.38. The van der Waals surface area contributed by atoms with Crippen LogP contribution in [0.3, 0.4) is 0 Å². The van der Waals surface area contributed by atoms with Crippen molar-refractivity contribution in [1.29, 1.82) is 0 Å². The molecule has 1 N–H and O–H groups in total. The van der Waals surface area contributed by atoms with Gasteiger partial charge in [0.15, 0.2) is 0 Å². The monoisotopic (exact) mass is 177 g/mol. The highest BCUT2D eigenvalue weighted by Crippen LogP contribution is 2.09. The maximum Gasteiger partial charge on any atom is 0.0753 e. The van der Waals surface area contributed by atoms with Crippen LogP contribution in [-0.4, -0.2) is 5.54 Å². The molecule has 0 aliphatic heterocycles. The van der Waals surface area contributed by atoms with Gasteiger partial charge in [-0.15, -0.1) is 0 Å². The first-order valence-electron chi connectivity index (χ1n) is 4.31. The van der Waals surface area contributed by atoms with E-state index in [0.29, 0.717) is 0 Å². The van der Waals surface area contributed by atoms with E-state index in [2.05, 4.69) is 15.8 Å². The molecule has 0 aliphatic rings. The minimum atomic E-state index is -0.123. The Labute approximate surface area is 78.9 Å². The van der Waals surface area contributed by atoms with Gasteiger partial charge in [0.2, 0.25) is 0 Å². The van der Waals surface area contributed by atoms with Crippen molar-refractivity contribution in [3.05, 3.63) is 30.3 Å². The molecular formula is C10H15N3. The van der Waals surface area contributed by atoms with Crippen molar-refractivity contribution >= 4 is 5.69 Å². The molecule has 0 unspecified atom stereocenters. The van der Waals surface area contributed by atoms with Gasteiger partial charge in [0.25, 0.3) is 0 Å². The zero-order valence-corrected chi connectivity index (χ0v) is 8.28. The van der Waals surface area contributed by atoms with Gasteiger partial charge in [-0.25, -0.2) is 0 Å². The summed E-state index contributed by atoms with van der Waals surface area (Å²) in [6.07, 6.45) is 0. The molecule has 0 saturated carbocycles. The Bertz CT molecular complexity index is 272. The predicted molar refractivity (Wildman–Crippen MR) is 54.7 cm³/mol. The average Bonchev–Trinajstić information content (AvgIpc) is 2.04. The molecule has 0 atom stereocenters. The maximum atomic E-state index is 4.07. The van der Waals surface area contributed by atoms with Crippen LogP contribution in [0.25, 0.3) is 0 Å². The Morgan fingerprint density at radius 3 is 2.23 bits per heavy atom. The summed E-state index contributed by atoms with van der Waals surface area (Å²) >= 11 is 0. The van der Waals surface area contributed by atoms with E-state index in [-0.39, 0.29) is 5.54 Å². The Kier molecular flexibility index (Phi) is 3.01. The van der Waals surface area contributed by atoms with Gasteiger partial charge in [-0.2, -0.15) is 5.11 Å². The van der Waals surface area contributed by atoms with E-state index < -0.39 is 0 Å². The molecule has 0 spiro atoms. The van der Waals surface area contributed by atoms with E-state index in [1.54, 1.807) is 0 Å². The molecule has 3 heteroatoms. The molecule has 0 amide bonds. The molecule has 0 saturated heterocycles. The molecule has 3 nitrogen and oxygen atoms in total. The summed E-state index contributed by atoms with van der Waals surface area (Å²) in [5.74, 6) is 0. The number of nitrogens with one attached hydrogen (secondary N) is 1. The second-order valence-corrected chi connectivity index (χ2v) is 3.85. The van der Waals surface area contributed by atoms with Crippen LogP contribution < -0.4 is 5.43 Å². The van der Waals surface area contributed by atoms with Crippen LogP contribution in [0, 0.1) is 0 Å². The second-order valence-electron chi connectivity index (χ2n) is 3.85. The topological polar surface area (TPSA) is 36.8 Å². The molecule has 0 bridgehead atoms. The molecule has 0 heterocycles. The molecule has 1 aromatic carbocycles. The fourth-order valence-corrected chi connectivity index (χ4v) is 0.745. The first-order valence-corrected chi connectivity index (χ1v) is 4.31. The van der Waals surface area contributed by atoms with Crippen LogP contribution >= 0.6 is 0 Å². The summed E-state index contributed by atoms with van der Waals surface area (Å²) in [7, 11) is 0. The van der Waals surface area contributed by atoms with Gasteiger partial charge in [-0.3, -0.25) is 5.43 Å². The Morgan fingerprint density at radius 2 is 1.69 bits per heavy atom. The molecule has 0 aromatic heterocycles. The molecule has 70 valence electrons. The van der Waals surface area contributed by atoms with E-state index in [9.17, 15) is 0 Å². The number of nitrogens with zero attached hydrogens (tertiary/aromatic N) is 2. The zero-order chi connectivity index (χ0) is 9.73. The van der Waals surface area contributed by atoms with Crippen molar-refractivity contribution in [2.75, 3.05) is 5.43 Å². The summed E-state index contributed by atoms with van der Waals surface area (Å²) in [5, 5.41) is 7.95. The van der Waals surface area contributed by atoms with Gasteiger partial charge in [-0.1, -0.05) is 23.4 Å². The summed E-state index contributed by atoms with van der Waals surface area (Å²) < 4.78 is 0. The van der Waals surface area contributed by atoms with Crippen LogP contribution in [0.4, 0.5) is 5.69 Å². The fourth-order valence-electron chi connectivity index (χ4n) is 0.745. The highest BCUT2D eigenvalue weighted by molar-refractivity contribution is 5.41. The first-order chi connectivity index (χ1) is 6.08. The second kappa shape index (κ2) is 4.03. The standard InChI is InChI=1S/C10H15N3/c1-10(2,3)12-13-11-9-7-5-4-6-8-9/h4-8H,1-3H3,(H,11,12). The number of rotatable bonds is 2. The molecule has 0 fully saturated rings. The Balaban J connectivity index is 2.49. The van der Waals surface area contributed by atoms with E-state index in [1.807, 2.05) is 51.1 Å². The smallest absolute Gasteiger partial charge is 0.0753 e. The van der Waals surface area contributed by atoms with Crippen molar-refractivity contribution in [2.24, 2.45) is 10.3 Å². The predicted octanol–water partition coefficient (Wildman–Crippen LogP) is 3.26. The quantitative estimate of drug-likeness (QED) is 0.546. The number of anilines is 1. The van der Waals surface area contributed by atoms with Gasteiger partial charge < -0.3 is 0 Å². The van der Waals surface area contributed by atoms with Gasteiger partial charge in [0.05, 0.1) is 11.2 Å². The first kappa shape index (κ1) is 9.71. The third kappa shape index (κ3) is 4.25. The third-order valence-corrected chi connectivity index (χ3v) is 1.30. The Morgan fingerprint density at radius 1 is 1.08 bits per heavy atom. The number of para-hydroxylation sites is 1. The normalized spacial score (nSPS) is 11.9. The van der Waals surface area contributed by atoms with Gasteiger partial charge >= 0.3 is 0 Å². The molecule has 13 heavy (non-hydrogen) atoms. The van der Waals surface area contributed by atoms with Crippen LogP contribution in [0.15, 0.2) is 40.7 Å². The van der Waals surface area contributed by atoms with Crippen LogP contribution in [0.1, 0.15) is 20.8 Å². The minimum absolute atomic E-state index is 0.123. The largest absolute Gasteiger partial charge is 0.260 e. The highest BCUT2D eigenvalue weighted by atomic mass is 15.4. The lowest BCUT2D eigenvalue weighted by Gasteiger charge is -2.08. The highest BCUT2D eigenvalue weighted by Gasteiger charge is 2.05. The summed E-state index contributed by atoms with van der Waals surface area (Å²) in [6.45, 7) is 6.01. The van der Waals surface area contributed by atoms with Crippen LogP contribution in [-0.2, 0) is 0 Å². The summed E-state index contributed by atoms with van der Waals surface area (Å²) in [4.78, 5) is 0. The summed E-state index contributed by atoms with van der Waals surface area (Å²) in [6, 6.07) is 9.76. The molecule has 1 aromatic rings. The number of hydrogen-bond acceptors (Lipinski definition) is 2. The third-order valence-electron chi connectivity index (χ3n) is 1.30. The molecule has 0 radical (unpaired) electrons. The van der Waals surface area contributed by atoms with Crippen molar-refractivity contribution < 1.29 is 0 Å². The lowest BCUT2D eigenvalue weighted by molar-refractivity contribution is 0.546. The SMILES string of the molecule is CC(C)(C)N=NNc1ccccc1. The van der Waals surface area contributed by atoms with Gasteiger partial charge in [0.1, 0.15) is 0 Å². The lowest BCUT2D eigenvalue weighted by atomic mass is 10.1. The van der Waals surface area contributed by atoms with Crippen molar-refractivity contribution in [1.82, 2.24) is 0 Å². The maximum absolute atomic E-state index is 4.07. The van der Waals surface area contributed by atoms with Gasteiger partial charge in [-0.05, 0) is 32.9 Å². The van der Waals surface area contributed by atoms with Crippen LogP contribution in [0.2, 0.25) is 0 Å². The molecule has 1 rings (SSSR count). The lowest BCUT2D eigenvalue weighted by Crippen LogP contribution is -2.08. The van der Waals surface area contributed by atoms with E-state index in [4.69, 9.17) is 0 Å². The van der Waals surface area contributed by atoms with E-state index in [1.165, 1.54) is 0 Å². The molecular weight excluding hydrogens is 162 g/mol. The van der Waals surface area contributed by atoms with Crippen molar-refractivity contribution in [3.8, 4) is 0 Å². The average molecular weight is 177 g/mol. The van der Waals surface area contributed by atoms with E-state index >= 15 is 0 Å².